The average molecular weight is 189 g/mol. The maximum absolute atomic E-state index is 4.19. The Hall–Kier alpha value is -1.27. The molecule has 1 aliphatic rings. The molecule has 3 heteroatoms. The zero-order chi connectivity index (χ0) is 9.80. The Morgan fingerprint density at radius 3 is 3.36 bits per heavy atom. The summed E-state index contributed by atoms with van der Waals surface area (Å²) in [5.74, 6) is 6.60. The molecule has 0 saturated carbocycles. The molecule has 0 aromatic carbocycles. The number of hydrogen-bond acceptors (Lipinski definition) is 2. The molecular weight excluding hydrogens is 174 g/mol. The normalized spacial score (nSPS) is 20.5. The Bertz CT molecular complexity index is 350. The van der Waals surface area contributed by atoms with Crippen molar-refractivity contribution in [2.45, 2.75) is 25.8 Å². The Labute approximate surface area is 84.5 Å². The summed E-state index contributed by atoms with van der Waals surface area (Å²) in [5.41, 5.74) is 1.32. The van der Waals surface area contributed by atoms with E-state index in [1.54, 1.807) is 0 Å². The van der Waals surface area contributed by atoms with Gasteiger partial charge < -0.3 is 9.88 Å². The molecule has 1 atom stereocenters. The fraction of sp³-hybridized carbons (Fsp3) is 0.545. The molecule has 1 aromatic rings. The van der Waals surface area contributed by atoms with Gasteiger partial charge in [-0.05, 0) is 19.9 Å². The second-order valence-corrected chi connectivity index (χ2v) is 3.56. The number of nitrogens with one attached hydrogen (secondary N) is 1. The number of imidazole rings is 1. The number of hydrogen-bond donors (Lipinski definition) is 1. The summed E-state index contributed by atoms with van der Waals surface area (Å²) >= 11 is 0. The highest BCUT2D eigenvalue weighted by atomic mass is 15.1. The monoisotopic (exact) mass is 189 g/mol. The van der Waals surface area contributed by atoms with Crippen LogP contribution in [0.15, 0.2) is 12.5 Å². The molecule has 0 spiro atoms. The number of aromatic nitrogens is 2. The van der Waals surface area contributed by atoms with E-state index >= 15 is 0 Å². The molecule has 2 rings (SSSR count). The van der Waals surface area contributed by atoms with Gasteiger partial charge in [-0.1, -0.05) is 5.92 Å². The Balaban J connectivity index is 2.14. The topological polar surface area (TPSA) is 29.9 Å². The van der Waals surface area contributed by atoms with Crippen LogP contribution in [0, 0.1) is 11.8 Å². The summed E-state index contributed by atoms with van der Waals surface area (Å²) in [6.07, 6.45) is 5.05. The van der Waals surface area contributed by atoms with Gasteiger partial charge in [0.15, 0.2) is 0 Å². The Morgan fingerprint density at radius 2 is 2.64 bits per heavy atom. The molecule has 0 bridgehead atoms. The van der Waals surface area contributed by atoms with Gasteiger partial charge in [-0.3, -0.25) is 0 Å². The fourth-order valence-corrected chi connectivity index (χ4v) is 1.87. The van der Waals surface area contributed by atoms with Crippen LogP contribution in [0.1, 0.15) is 25.0 Å². The Morgan fingerprint density at radius 1 is 1.71 bits per heavy atom. The first-order chi connectivity index (χ1) is 6.92. The van der Waals surface area contributed by atoms with Crippen molar-refractivity contribution < 1.29 is 0 Å². The van der Waals surface area contributed by atoms with E-state index in [1.807, 2.05) is 19.4 Å². The van der Waals surface area contributed by atoms with Gasteiger partial charge in [-0.2, -0.15) is 0 Å². The van der Waals surface area contributed by atoms with E-state index in [2.05, 4.69) is 26.7 Å². The molecule has 1 aliphatic heterocycles. The Kier molecular flexibility index (Phi) is 2.85. The first-order valence-corrected chi connectivity index (χ1v) is 5.02. The van der Waals surface area contributed by atoms with Crippen molar-refractivity contribution >= 4 is 0 Å². The number of nitrogens with zero attached hydrogens (tertiary/aromatic N) is 2. The first kappa shape index (κ1) is 9.29. The van der Waals surface area contributed by atoms with Crippen LogP contribution in [0.4, 0.5) is 0 Å². The lowest BCUT2D eigenvalue weighted by Crippen LogP contribution is -2.11. The van der Waals surface area contributed by atoms with Crippen molar-refractivity contribution in [3.63, 3.8) is 0 Å². The largest absolute Gasteiger partial charge is 0.323 e. The predicted molar refractivity (Wildman–Crippen MR) is 55.9 cm³/mol. The highest BCUT2D eigenvalue weighted by Gasteiger charge is 2.19. The molecular formula is C11H15N3. The third-order valence-corrected chi connectivity index (χ3v) is 2.65. The molecule has 1 aromatic heterocycles. The quantitative estimate of drug-likeness (QED) is 0.703. The van der Waals surface area contributed by atoms with Crippen molar-refractivity contribution in [3.05, 3.63) is 18.2 Å². The van der Waals surface area contributed by atoms with Crippen molar-refractivity contribution in [2.24, 2.45) is 0 Å². The van der Waals surface area contributed by atoms with Gasteiger partial charge in [-0.15, -0.1) is 5.92 Å². The molecule has 1 unspecified atom stereocenters. The van der Waals surface area contributed by atoms with E-state index in [0.29, 0.717) is 5.92 Å². The second-order valence-electron chi connectivity index (χ2n) is 3.56. The fourth-order valence-electron chi connectivity index (χ4n) is 1.87. The smallest absolute Gasteiger partial charge is 0.0956 e. The average Bonchev–Trinajstić information content (AvgIpc) is 2.84. The molecule has 2 heterocycles. The van der Waals surface area contributed by atoms with Crippen molar-refractivity contribution in [3.8, 4) is 11.8 Å². The minimum Gasteiger partial charge on any atom is -0.323 e. The summed E-state index contributed by atoms with van der Waals surface area (Å²) in [5, 5.41) is 3.37. The van der Waals surface area contributed by atoms with E-state index in [0.717, 1.165) is 19.6 Å². The molecule has 3 nitrogen and oxygen atoms in total. The van der Waals surface area contributed by atoms with Crippen LogP contribution < -0.4 is 5.32 Å². The molecule has 0 radical (unpaired) electrons. The molecule has 1 saturated heterocycles. The molecule has 0 aliphatic carbocycles. The lowest BCUT2D eigenvalue weighted by atomic mass is 10.1. The van der Waals surface area contributed by atoms with Crippen LogP contribution in [0.2, 0.25) is 0 Å². The van der Waals surface area contributed by atoms with E-state index in [9.17, 15) is 0 Å². The summed E-state index contributed by atoms with van der Waals surface area (Å²) < 4.78 is 2.15. The van der Waals surface area contributed by atoms with Gasteiger partial charge in [0, 0.05) is 24.4 Å². The van der Waals surface area contributed by atoms with Gasteiger partial charge in [0.25, 0.3) is 0 Å². The van der Waals surface area contributed by atoms with E-state index in [-0.39, 0.29) is 0 Å². The van der Waals surface area contributed by atoms with Crippen LogP contribution in [0.5, 0.6) is 0 Å². The zero-order valence-electron chi connectivity index (χ0n) is 8.45. The molecule has 1 fully saturated rings. The third-order valence-electron chi connectivity index (χ3n) is 2.65. The van der Waals surface area contributed by atoms with Gasteiger partial charge in [-0.25, -0.2) is 4.98 Å². The van der Waals surface area contributed by atoms with Crippen molar-refractivity contribution in [1.82, 2.24) is 14.9 Å². The van der Waals surface area contributed by atoms with Crippen molar-refractivity contribution in [1.29, 1.82) is 0 Å². The van der Waals surface area contributed by atoms with Crippen LogP contribution in [0.25, 0.3) is 0 Å². The van der Waals surface area contributed by atoms with Crippen LogP contribution >= 0.6 is 0 Å². The van der Waals surface area contributed by atoms with Gasteiger partial charge in [0.05, 0.1) is 12.9 Å². The first-order valence-electron chi connectivity index (χ1n) is 5.02. The van der Waals surface area contributed by atoms with E-state index < -0.39 is 0 Å². The van der Waals surface area contributed by atoms with Crippen LogP contribution in [-0.4, -0.2) is 22.6 Å². The van der Waals surface area contributed by atoms with Gasteiger partial charge in [0.2, 0.25) is 0 Å². The SMILES string of the molecule is CC#CCn1cncc1C1CCNC1. The maximum atomic E-state index is 4.19. The standard InChI is InChI=1S/C11H15N3/c1-2-3-6-14-9-13-8-11(14)10-4-5-12-7-10/h8-10,12H,4-7H2,1H3. The van der Waals surface area contributed by atoms with E-state index in [1.165, 1.54) is 12.1 Å². The molecule has 74 valence electrons. The van der Waals surface area contributed by atoms with Crippen LogP contribution in [-0.2, 0) is 6.54 Å². The lowest BCUT2D eigenvalue weighted by molar-refractivity contribution is 0.666. The predicted octanol–water partition coefficient (Wildman–Crippen LogP) is 0.983. The minimum absolute atomic E-state index is 0.621. The molecule has 1 N–H and O–H groups in total. The molecule has 0 amide bonds. The summed E-state index contributed by atoms with van der Waals surface area (Å²) in [7, 11) is 0. The highest BCUT2D eigenvalue weighted by molar-refractivity contribution is 5.11. The summed E-state index contributed by atoms with van der Waals surface area (Å²) in [4.78, 5) is 4.19. The summed E-state index contributed by atoms with van der Waals surface area (Å²) in [6.45, 7) is 4.83. The van der Waals surface area contributed by atoms with Gasteiger partial charge in [0.1, 0.15) is 0 Å². The summed E-state index contributed by atoms with van der Waals surface area (Å²) in [6, 6.07) is 0. The third kappa shape index (κ3) is 1.80. The highest BCUT2D eigenvalue weighted by Crippen LogP contribution is 2.21. The van der Waals surface area contributed by atoms with Crippen molar-refractivity contribution in [2.75, 3.05) is 13.1 Å². The van der Waals surface area contributed by atoms with Gasteiger partial charge >= 0.3 is 0 Å². The lowest BCUT2D eigenvalue weighted by Gasteiger charge is -2.09. The van der Waals surface area contributed by atoms with Crippen LogP contribution in [0.3, 0.4) is 0 Å². The maximum Gasteiger partial charge on any atom is 0.0956 e. The van der Waals surface area contributed by atoms with E-state index in [4.69, 9.17) is 0 Å². The molecule has 14 heavy (non-hydrogen) atoms. The minimum atomic E-state index is 0.621. The second kappa shape index (κ2) is 4.30. The number of rotatable bonds is 2. The zero-order valence-corrected chi connectivity index (χ0v) is 8.45.